The number of hydrogen-bond donors (Lipinski definition) is 0. The Labute approximate surface area is 228 Å². The van der Waals surface area contributed by atoms with Gasteiger partial charge >= 0.3 is 0 Å². The van der Waals surface area contributed by atoms with Gasteiger partial charge in [0.15, 0.2) is 11.5 Å². The van der Waals surface area contributed by atoms with Crippen molar-refractivity contribution in [2.24, 2.45) is 0 Å². The molecule has 6 rings (SSSR count). The number of piperazine rings is 1. The summed E-state index contributed by atoms with van der Waals surface area (Å²) in [4.78, 5) is 34.4. The molecule has 3 heterocycles. The van der Waals surface area contributed by atoms with E-state index in [9.17, 15) is 9.59 Å². The van der Waals surface area contributed by atoms with Crippen molar-refractivity contribution in [1.29, 1.82) is 0 Å². The lowest BCUT2D eigenvalue weighted by Gasteiger charge is -2.47. The quantitative estimate of drug-likeness (QED) is 0.501. The Balaban J connectivity index is 1.36. The lowest BCUT2D eigenvalue weighted by molar-refractivity contribution is -0.135. The molecule has 2 atom stereocenters. The Kier molecular flexibility index (Phi) is 6.54. The minimum atomic E-state index is -0.536. The second kappa shape index (κ2) is 10.2. The van der Waals surface area contributed by atoms with Crippen molar-refractivity contribution in [1.82, 2.24) is 9.80 Å². The van der Waals surface area contributed by atoms with E-state index in [-0.39, 0.29) is 17.9 Å². The lowest BCUT2D eigenvalue weighted by atomic mass is 9.75. The number of nitrogens with zero attached hydrogens (tertiary/aromatic N) is 3. The molecule has 3 aliphatic rings. The molecule has 2 amide bonds. The van der Waals surface area contributed by atoms with E-state index < -0.39 is 5.92 Å². The maximum atomic E-state index is 14.4. The number of methoxy groups -OCH3 is 3. The first-order chi connectivity index (χ1) is 19.0. The number of rotatable bonds is 5. The van der Waals surface area contributed by atoms with Crippen molar-refractivity contribution >= 4 is 17.5 Å². The van der Waals surface area contributed by atoms with Gasteiger partial charge in [-0.05, 0) is 59.5 Å². The van der Waals surface area contributed by atoms with Crippen LogP contribution in [0.4, 0.5) is 5.69 Å². The van der Waals surface area contributed by atoms with Crippen LogP contribution in [0, 0.1) is 0 Å². The number of carbonyl (C=O) groups excluding carboxylic acids is 2. The highest BCUT2D eigenvalue weighted by Gasteiger charge is 2.48. The predicted molar refractivity (Wildman–Crippen MR) is 148 cm³/mol. The van der Waals surface area contributed by atoms with Gasteiger partial charge in [-0.25, -0.2) is 0 Å². The molecule has 0 radical (unpaired) electrons. The second-order valence-electron chi connectivity index (χ2n) is 10.2. The number of hydrogen-bond acceptors (Lipinski definition) is 6. The molecular weight excluding hydrogens is 494 g/mol. The minimum Gasteiger partial charge on any atom is -0.497 e. The smallest absolute Gasteiger partial charge is 0.254 e. The maximum absolute atomic E-state index is 14.4. The molecule has 202 valence electrons. The Morgan fingerprint density at radius 2 is 1.49 bits per heavy atom. The van der Waals surface area contributed by atoms with Crippen LogP contribution in [0.5, 0.6) is 17.2 Å². The zero-order valence-electron chi connectivity index (χ0n) is 22.6. The van der Waals surface area contributed by atoms with E-state index >= 15 is 0 Å². The van der Waals surface area contributed by atoms with Crippen molar-refractivity contribution in [2.45, 2.75) is 18.4 Å². The van der Waals surface area contributed by atoms with E-state index in [1.807, 2.05) is 40.1 Å². The fourth-order valence-corrected chi connectivity index (χ4v) is 6.29. The molecular formula is C31H33N3O5. The maximum Gasteiger partial charge on any atom is 0.254 e. The Morgan fingerprint density at radius 3 is 2.18 bits per heavy atom. The summed E-state index contributed by atoms with van der Waals surface area (Å²) in [6.07, 6.45) is 0.766. The molecule has 3 aromatic rings. The molecule has 39 heavy (non-hydrogen) atoms. The average Bonchev–Trinajstić information content (AvgIpc) is 3.00. The van der Waals surface area contributed by atoms with Gasteiger partial charge in [-0.15, -0.1) is 0 Å². The molecule has 0 unspecified atom stereocenters. The zero-order valence-corrected chi connectivity index (χ0v) is 22.6. The van der Waals surface area contributed by atoms with Gasteiger partial charge in [0.05, 0.1) is 33.3 Å². The van der Waals surface area contributed by atoms with Gasteiger partial charge in [-0.1, -0.05) is 24.3 Å². The van der Waals surface area contributed by atoms with E-state index in [1.54, 1.807) is 27.4 Å². The van der Waals surface area contributed by atoms with Gasteiger partial charge < -0.3 is 28.9 Å². The largest absolute Gasteiger partial charge is 0.497 e. The molecule has 1 fully saturated rings. The summed E-state index contributed by atoms with van der Waals surface area (Å²) < 4.78 is 16.4. The van der Waals surface area contributed by atoms with Crippen molar-refractivity contribution < 1.29 is 23.8 Å². The number of benzene rings is 3. The molecule has 0 N–H and O–H groups in total. The molecule has 0 saturated carbocycles. The predicted octanol–water partition coefficient (Wildman–Crippen LogP) is 3.90. The van der Waals surface area contributed by atoms with Crippen molar-refractivity contribution in [3.05, 3.63) is 82.9 Å². The van der Waals surface area contributed by atoms with Crippen molar-refractivity contribution in [3.63, 3.8) is 0 Å². The molecule has 3 aromatic carbocycles. The number of fused-ring (bicyclic) bond motifs is 4. The average molecular weight is 528 g/mol. The van der Waals surface area contributed by atoms with Crippen LogP contribution in [0.1, 0.15) is 39.0 Å². The summed E-state index contributed by atoms with van der Waals surface area (Å²) in [6, 6.07) is 19.4. The first kappa shape index (κ1) is 25.1. The lowest BCUT2D eigenvalue weighted by Crippen LogP contribution is -2.54. The van der Waals surface area contributed by atoms with Crippen molar-refractivity contribution in [3.8, 4) is 17.2 Å². The molecule has 0 aromatic heterocycles. The number of ether oxygens (including phenoxy) is 3. The van der Waals surface area contributed by atoms with Crippen LogP contribution < -0.4 is 19.1 Å². The molecule has 1 saturated heterocycles. The number of amides is 2. The van der Waals surface area contributed by atoms with Crippen LogP contribution in [-0.2, 0) is 11.2 Å². The summed E-state index contributed by atoms with van der Waals surface area (Å²) in [6.45, 7) is 3.24. The van der Waals surface area contributed by atoms with Crippen LogP contribution in [0.15, 0.2) is 60.7 Å². The van der Waals surface area contributed by atoms with Crippen molar-refractivity contribution in [2.75, 3.05) is 59.0 Å². The first-order valence-corrected chi connectivity index (χ1v) is 13.4. The topological polar surface area (TPSA) is 71.5 Å². The zero-order chi connectivity index (χ0) is 27.1. The SMILES string of the molecule is COc1ccc(N2CCN(C(=O)[C@@H]3c4cc(OC)c(OC)cc4C(=O)N4CCc5ccccc5[C@@H]34)CC2)cc1. The van der Waals surface area contributed by atoms with E-state index in [4.69, 9.17) is 14.2 Å². The third kappa shape index (κ3) is 4.24. The van der Waals surface area contributed by atoms with E-state index in [0.29, 0.717) is 42.3 Å². The monoisotopic (exact) mass is 527 g/mol. The first-order valence-electron chi connectivity index (χ1n) is 13.4. The highest BCUT2D eigenvalue weighted by Crippen LogP contribution is 2.49. The molecule has 0 bridgehead atoms. The molecule has 8 nitrogen and oxygen atoms in total. The fraction of sp³-hybridized carbons (Fsp3) is 0.355. The second-order valence-corrected chi connectivity index (χ2v) is 10.2. The van der Waals surface area contributed by atoms with Gasteiger partial charge in [0.1, 0.15) is 5.75 Å². The van der Waals surface area contributed by atoms with Crippen LogP contribution >= 0.6 is 0 Å². The van der Waals surface area contributed by atoms with E-state index in [0.717, 1.165) is 36.5 Å². The Morgan fingerprint density at radius 1 is 0.795 bits per heavy atom. The van der Waals surface area contributed by atoms with E-state index in [1.165, 1.54) is 5.56 Å². The summed E-state index contributed by atoms with van der Waals surface area (Å²) in [5, 5.41) is 0. The normalized spacial score (nSPS) is 20.1. The molecule has 8 heteroatoms. The van der Waals surface area contributed by atoms with Crippen LogP contribution in [0.3, 0.4) is 0 Å². The van der Waals surface area contributed by atoms with Gasteiger partial charge in [0.2, 0.25) is 5.91 Å². The highest BCUT2D eigenvalue weighted by molar-refractivity contribution is 6.02. The summed E-state index contributed by atoms with van der Waals surface area (Å²) >= 11 is 0. The van der Waals surface area contributed by atoms with Gasteiger partial charge in [0.25, 0.3) is 5.91 Å². The van der Waals surface area contributed by atoms with Gasteiger partial charge in [-0.2, -0.15) is 0 Å². The number of anilines is 1. The molecule has 3 aliphatic heterocycles. The van der Waals surface area contributed by atoms with Gasteiger partial charge in [-0.3, -0.25) is 9.59 Å². The summed E-state index contributed by atoms with van der Waals surface area (Å²) in [7, 11) is 4.79. The van der Waals surface area contributed by atoms with Crippen LogP contribution in [0.2, 0.25) is 0 Å². The third-order valence-electron chi connectivity index (χ3n) is 8.32. The third-order valence-corrected chi connectivity index (χ3v) is 8.32. The van der Waals surface area contributed by atoms with Crippen LogP contribution in [-0.4, -0.2) is 75.7 Å². The van der Waals surface area contributed by atoms with Gasteiger partial charge in [0, 0.05) is 44.0 Å². The number of carbonyl (C=O) groups is 2. The Bertz CT molecular complexity index is 1400. The highest BCUT2D eigenvalue weighted by atomic mass is 16.5. The molecule has 0 spiro atoms. The minimum absolute atomic E-state index is 0.0389. The Hall–Kier alpha value is -4.20. The van der Waals surface area contributed by atoms with Crippen LogP contribution in [0.25, 0.3) is 0 Å². The molecule has 0 aliphatic carbocycles. The fourth-order valence-electron chi connectivity index (χ4n) is 6.29. The standard InChI is InChI=1S/C31H33N3O5/c1-37-22-10-8-21(9-11-22)32-14-16-33(17-15-32)31(36)28-24-18-26(38-2)27(39-3)19-25(24)30(35)34-13-12-20-6-4-5-7-23(20)29(28)34/h4-11,18-19,28-29H,12-17H2,1-3H3/t28-,29+/m1/s1. The summed E-state index contributed by atoms with van der Waals surface area (Å²) in [5.41, 5.74) is 4.57. The van der Waals surface area contributed by atoms with E-state index in [2.05, 4.69) is 29.2 Å². The summed E-state index contributed by atoms with van der Waals surface area (Å²) in [5.74, 6) is 1.26.